The third-order valence-corrected chi connectivity index (χ3v) is 6.04. The molecule has 18 heavy (non-hydrogen) atoms. The van der Waals surface area contributed by atoms with Gasteiger partial charge in [-0.25, -0.2) is 0 Å². The molecule has 2 saturated heterocycles. The lowest BCUT2D eigenvalue weighted by atomic mass is 10.0. The third kappa shape index (κ3) is 2.87. The zero-order chi connectivity index (χ0) is 13.3. The fraction of sp³-hybridized carbons (Fsp3) is 1.00. The maximum absolute atomic E-state index is 12.7. The Bertz CT molecular complexity index is 385. The Morgan fingerprint density at radius 1 is 1.17 bits per heavy atom. The molecule has 2 heterocycles. The minimum atomic E-state index is -3.27. The van der Waals surface area contributed by atoms with Crippen LogP contribution in [0.25, 0.3) is 0 Å². The van der Waals surface area contributed by atoms with Crippen LogP contribution in [0.4, 0.5) is 0 Å². The van der Waals surface area contributed by atoms with E-state index in [9.17, 15) is 8.42 Å². The molecule has 0 aromatic heterocycles. The van der Waals surface area contributed by atoms with Crippen LogP contribution < -0.4 is 5.32 Å². The fourth-order valence-electron chi connectivity index (χ4n) is 2.81. The monoisotopic (exact) mass is 275 g/mol. The van der Waals surface area contributed by atoms with Gasteiger partial charge in [-0.3, -0.25) is 0 Å². The van der Waals surface area contributed by atoms with Gasteiger partial charge in [0.05, 0.1) is 0 Å². The van der Waals surface area contributed by atoms with Gasteiger partial charge in [-0.1, -0.05) is 6.92 Å². The van der Waals surface area contributed by atoms with Gasteiger partial charge in [0.25, 0.3) is 10.2 Å². The van der Waals surface area contributed by atoms with E-state index in [0.29, 0.717) is 25.6 Å². The standard InChI is InChI=1S/C12H25N3O2S/c1-10-5-4-6-14(8-10)18(16,17)15-9-11(2)13-7-12(15)3/h10-13H,4-9H2,1-3H3. The van der Waals surface area contributed by atoms with Crippen molar-refractivity contribution in [3.63, 3.8) is 0 Å². The lowest BCUT2D eigenvalue weighted by Crippen LogP contribution is -2.60. The van der Waals surface area contributed by atoms with E-state index in [4.69, 9.17) is 0 Å². The number of piperazine rings is 1. The molecule has 0 aliphatic carbocycles. The van der Waals surface area contributed by atoms with E-state index in [-0.39, 0.29) is 12.1 Å². The molecule has 0 saturated carbocycles. The Labute approximate surface area is 111 Å². The molecule has 6 heteroatoms. The maximum Gasteiger partial charge on any atom is 0.282 e. The van der Waals surface area contributed by atoms with Crippen LogP contribution in [-0.4, -0.2) is 55.3 Å². The molecule has 0 bridgehead atoms. The molecule has 5 nitrogen and oxygen atoms in total. The van der Waals surface area contributed by atoms with Gasteiger partial charge in [0.15, 0.2) is 0 Å². The Hall–Kier alpha value is -0.170. The topological polar surface area (TPSA) is 52.7 Å². The third-order valence-electron chi connectivity index (χ3n) is 3.95. The average molecular weight is 275 g/mol. The van der Waals surface area contributed by atoms with Gasteiger partial charge in [0, 0.05) is 38.3 Å². The van der Waals surface area contributed by atoms with E-state index in [2.05, 4.69) is 12.2 Å². The molecule has 1 N–H and O–H groups in total. The second-order valence-corrected chi connectivity index (χ2v) is 7.72. The summed E-state index contributed by atoms with van der Waals surface area (Å²) >= 11 is 0. The summed E-state index contributed by atoms with van der Waals surface area (Å²) < 4.78 is 28.7. The summed E-state index contributed by atoms with van der Waals surface area (Å²) in [6, 6.07) is 0.279. The first-order chi connectivity index (χ1) is 8.41. The highest BCUT2D eigenvalue weighted by Crippen LogP contribution is 2.23. The second-order valence-electron chi connectivity index (χ2n) is 5.84. The van der Waals surface area contributed by atoms with Crippen molar-refractivity contribution in [2.45, 2.75) is 45.7 Å². The summed E-state index contributed by atoms with van der Waals surface area (Å²) in [5.41, 5.74) is 0. The molecule has 2 aliphatic heterocycles. The first-order valence-corrected chi connectivity index (χ1v) is 8.31. The van der Waals surface area contributed by atoms with Gasteiger partial charge < -0.3 is 5.32 Å². The van der Waals surface area contributed by atoms with E-state index in [0.717, 1.165) is 19.4 Å². The largest absolute Gasteiger partial charge is 0.311 e. The van der Waals surface area contributed by atoms with E-state index in [1.165, 1.54) is 0 Å². The van der Waals surface area contributed by atoms with Crippen LogP contribution in [-0.2, 0) is 10.2 Å². The van der Waals surface area contributed by atoms with Crippen molar-refractivity contribution >= 4 is 10.2 Å². The van der Waals surface area contributed by atoms with Crippen molar-refractivity contribution in [1.82, 2.24) is 13.9 Å². The first-order valence-electron chi connectivity index (χ1n) is 6.91. The van der Waals surface area contributed by atoms with Crippen LogP contribution in [0.2, 0.25) is 0 Å². The van der Waals surface area contributed by atoms with Crippen molar-refractivity contribution in [3.05, 3.63) is 0 Å². The molecular weight excluding hydrogens is 250 g/mol. The van der Waals surface area contributed by atoms with Crippen LogP contribution in [0.1, 0.15) is 33.6 Å². The number of rotatable bonds is 2. The van der Waals surface area contributed by atoms with Gasteiger partial charge >= 0.3 is 0 Å². The smallest absolute Gasteiger partial charge is 0.282 e. The molecule has 0 aromatic carbocycles. The highest BCUT2D eigenvalue weighted by molar-refractivity contribution is 7.86. The van der Waals surface area contributed by atoms with Crippen LogP contribution in [0.3, 0.4) is 0 Å². The number of hydrogen-bond donors (Lipinski definition) is 1. The van der Waals surface area contributed by atoms with Gasteiger partial charge in [-0.05, 0) is 32.6 Å². The maximum atomic E-state index is 12.7. The van der Waals surface area contributed by atoms with Crippen molar-refractivity contribution < 1.29 is 8.42 Å². The Morgan fingerprint density at radius 2 is 1.89 bits per heavy atom. The molecule has 106 valence electrons. The van der Waals surface area contributed by atoms with E-state index < -0.39 is 10.2 Å². The molecule has 0 aromatic rings. The van der Waals surface area contributed by atoms with E-state index >= 15 is 0 Å². The van der Waals surface area contributed by atoms with Crippen LogP contribution in [0.5, 0.6) is 0 Å². The lowest BCUT2D eigenvalue weighted by molar-refractivity contribution is 0.207. The van der Waals surface area contributed by atoms with Crippen molar-refractivity contribution in [2.75, 3.05) is 26.2 Å². The number of nitrogens with zero attached hydrogens (tertiary/aromatic N) is 2. The van der Waals surface area contributed by atoms with Crippen molar-refractivity contribution in [2.24, 2.45) is 5.92 Å². The quantitative estimate of drug-likeness (QED) is 0.805. The molecule has 0 spiro atoms. The predicted octanol–water partition coefficient (Wildman–Crippen LogP) is 0.645. The van der Waals surface area contributed by atoms with Gasteiger partial charge in [-0.15, -0.1) is 0 Å². The van der Waals surface area contributed by atoms with Crippen LogP contribution >= 0.6 is 0 Å². The van der Waals surface area contributed by atoms with Gasteiger partial charge in [-0.2, -0.15) is 17.0 Å². The van der Waals surface area contributed by atoms with Crippen molar-refractivity contribution in [3.8, 4) is 0 Å². The number of hydrogen-bond acceptors (Lipinski definition) is 3. The van der Waals surface area contributed by atoms with Crippen LogP contribution in [0, 0.1) is 5.92 Å². The number of nitrogens with one attached hydrogen (secondary N) is 1. The normalized spacial score (nSPS) is 36.7. The summed E-state index contributed by atoms with van der Waals surface area (Å²) in [4.78, 5) is 0. The predicted molar refractivity (Wildman–Crippen MR) is 72.5 cm³/mol. The van der Waals surface area contributed by atoms with Gasteiger partial charge in [0.1, 0.15) is 0 Å². The minimum absolute atomic E-state index is 0.0448. The summed E-state index contributed by atoms with van der Waals surface area (Å²) in [5.74, 6) is 0.476. The highest BCUT2D eigenvalue weighted by atomic mass is 32.2. The molecule has 2 rings (SSSR count). The average Bonchev–Trinajstić information content (AvgIpc) is 2.32. The highest BCUT2D eigenvalue weighted by Gasteiger charge is 2.37. The minimum Gasteiger partial charge on any atom is -0.311 e. The summed E-state index contributed by atoms with van der Waals surface area (Å²) in [6.07, 6.45) is 2.12. The molecule has 3 atom stereocenters. The van der Waals surface area contributed by atoms with E-state index in [1.807, 2.05) is 13.8 Å². The van der Waals surface area contributed by atoms with E-state index in [1.54, 1.807) is 8.61 Å². The Balaban J connectivity index is 2.13. The first kappa shape index (κ1) is 14.2. The Morgan fingerprint density at radius 3 is 2.56 bits per heavy atom. The lowest BCUT2D eigenvalue weighted by Gasteiger charge is -2.41. The molecule has 3 unspecified atom stereocenters. The molecule has 0 radical (unpaired) electrons. The molecule has 2 aliphatic rings. The Kier molecular flexibility index (Phi) is 4.31. The zero-order valence-electron chi connectivity index (χ0n) is 11.6. The molecular formula is C12H25N3O2S. The zero-order valence-corrected chi connectivity index (χ0v) is 12.4. The number of piperidine rings is 1. The summed E-state index contributed by atoms with van der Waals surface area (Å²) in [7, 11) is -3.27. The van der Waals surface area contributed by atoms with Crippen LogP contribution in [0.15, 0.2) is 0 Å². The fourth-order valence-corrected chi connectivity index (χ4v) is 4.85. The molecule has 2 fully saturated rings. The summed E-state index contributed by atoms with van der Waals surface area (Å²) in [6.45, 7) is 8.81. The van der Waals surface area contributed by atoms with Crippen molar-refractivity contribution in [1.29, 1.82) is 0 Å². The SMILES string of the molecule is CC1CCCN(S(=O)(=O)N2CC(C)NCC2C)C1. The summed E-state index contributed by atoms with van der Waals surface area (Å²) in [5, 5.41) is 3.32. The molecule has 0 amide bonds. The second kappa shape index (κ2) is 5.45. The van der Waals surface area contributed by atoms with Gasteiger partial charge in [0.2, 0.25) is 0 Å².